The Hall–Kier alpha value is -3.49. The van der Waals surface area contributed by atoms with E-state index in [9.17, 15) is 4.57 Å². The van der Waals surface area contributed by atoms with Gasteiger partial charge in [-0.3, -0.25) is 0 Å². The van der Waals surface area contributed by atoms with E-state index in [1.807, 2.05) is 97.9 Å². The van der Waals surface area contributed by atoms with Crippen molar-refractivity contribution in [1.82, 2.24) is 0 Å². The predicted molar refractivity (Wildman–Crippen MR) is 126 cm³/mol. The van der Waals surface area contributed by atoms with Gasteiger partial charge in [-0.05, 0) is 48.9 Å². The number of hydrogen-bond acceptors (Lipinski definition) is 4. The third-order valence-electron chi connectivity index (χ3n) is 4.74. The fraction of sp³-hybridized carbons (Fsp3) is 0.0769. The average Bonchev–Trinajstić information content (AvgIpc) is 2.80. The van der Waals surface area contributed by atoms with Gasteiger partial charge in [-0.25, -0.2) is 4.57 Å². The summed E-state index contributed by atoms with van der Waals surface area (Å²) in [6, 6.07) is 35.8. The summed E-state index contributed by atoms with van der Waals surface area (Å²) in [5.74, 6) is 0.235. The molecule has 4 rings (SSSR count). The maximum Gasteiger partial charge on any atom is 0.457 e. The molecule has 31 heavy (non-hydrogen) atoms. The lowest BCUT2D eigenvalue weighted by Gasteiger charge is -2.29. The zero-order valence-corrected chi connectivity index (χ0v) is 18.1. The van der Waals surface area contributed by atoms with Crippen LogP contribution in [0.5, 0.6) is 11.5 Å². The summed E-state index contributed by atoms with van der Waals surface area (Å²) in [6.45, 7) is 2.02. The molecule has 0 saturated carbocycles. The van der Waals surface area contributed by atoms with E-state index < -0.39 is 13.4 Å². The van der Waals surface area contributed by atoms with Gasteiger partial charge in [0.05, 0.1) is 0 Å². The van der Waals surface area contributed by atoms with Gasteiger partial charge in [-0.1, -0.05) is 84.4 Å². The minimum atomic E-state index is -3.79. The smallest absolute Gasteiger partial charge is 0.414 e. The molecule has 4 aromatic rings. The Labute approximate surface area is 183 Å². The Bertz CT molecular complexity index is 1090. The van der Waals surface area contributed by atoms with Crippen LogP contribution in [0.1, 0.15) is 16.9 Å². The highest BCUT2D eigenvalue weighted by Crippen LogP contribution is 2.60. The number of para-hydroxylation sites is 3. The van der Waals surface area contributed by atoms with Crippen LogP contribution in [0, 0.1) is 6.92 Å². The minimum absolute atomic E-state index is 0.480. The van der Waals surface area contributed by atoms with Crippen LogP contribution in [0.25, 0.3) is 0 Å². The fourth-order valence-electron chi connectivity index (χ4n) is 3.17. The monoisotopic (exact) mass is 429 g/mol. The molecule has 0 bridgehead atoms. The molecule has 0 aromatic heterocycles. The molecule has 0 fully saturated rings. The van der Waals surface area contributed by atoms with Crippen molar-refractivity contribution in [2.75, 3.05) is 5.32 Å². The van der Waals surface area contributed by atoms with Gasteiger partial charge >= 0.3 is 7.60 Å². The van der Waals surface area contributed by atoms with Crippen molar-refractivity contribution in [2.45, 2.75) is 12.7 Å². The van der Waals surface area contributed by atoms with Crippen LogP contribution in [0.3, 0.4) is 0 Å². The second-order valence-corrected chi connectivity index (χ2v) is 9.13. The van der Waals surface area contributed by atoms with E-state index >= 15 is 0 Å². The second kappa shape index (κ2) is 9.55. The van der Waals surface area contributed by atoms with Crippen molar-refractivity contribution < 1.29 is 13.6 Å². The normalized spacial score (nSPS) is 12.0. The van der Waals surface area contributed by atoms with Crippen molar-refractivity contribution in [3.05, 3.63) is 126 Å². The Kier molecular flexibility index (Phi) is 6.40. The summed E-state index contributed by atoms with van der Waals surface area (Å²) in [7, 11) is -3.79. The molecule has 5 heteroatoms. The van der Waals surface area contributed by atoms with Crippen molar-refractivity contribution in [3.8, 4) is 11.5 Å². The largest absolute Gasteiger partial charge is 0.457 e. The first kappa shape index (κ1) is 20.8. The Morgan fingerprint density at radius 3 is 1.58 bits per heavy atom. The number of hydrogen-bond donors (Lipinski definition) is 1. The van der Waals surface area contributed by atoms with Crippen LogP contribution in [0.4, 0.5) is 5.69 Å². The standard InChI is InChI=1S/C26H24NO3P/c1-21-17-19-22(20-18-21)26(27-23-11-5-2-6-12-23)31(28,29-24-13-7-3-8-14-24)30-25-15-9-4-10-16-25/h2-20,26-27H,1H3. The van der Waals surface area contributed by atoms with Crippen LogP contribution in [-0.4, -0.2) is 0 Å². The number of nitrogens with one attached hydrogen (secondary N) is 1. The highest BCUT2D eigenvalue weighted by Gasteiger charge is 2.41. The molecule has 0 aliphatic heterocycles. The van der Waals surface area contributed by atoms with E-state index in [1.165, 1.54) is 0 Å². The number of benzene rings is 4. The zero-order chi connectivity index (χ0) is 21.5. The average molecular weight is 429 g/mol. The van der Waals surface area contributed by atoms with E-state index in [-0.39, 0.29) is 0 Å². The molecule has 0 aliphatic carbocycles. The van der Waals surface area contributed by atoms with E-state index in [1.54, 1.807) is 24.3 Å². The molecule has 1 N–H and O–H groups in total. The topological polar surface area (TPSA) is 47.6 Å². The lowest BCUT2D eigenvalue weighted by Crippen LogP contribution is -2.18. The first-order valence-corrected chi connectivity index (χ1v) is 11.7. The van der Waals surface area contributed by atoms with Gasteiger partial charge in [0.15, 0.2) is 5.78 Å². The predicted octanol–water partition coefficient (Wildman–Crippen LogP) is 7.46. The highest BCUT2D eigenvalue weighted by atomic mass is 31.2. The zero-order valence-electron chi connectivity index (χ0n) is 17.2. The van der Waals surface area contributed by atoms with Gasteiger partial charge in [0.25, 0.3) is 0 Å². The quantitative estimate of drug-likeness (QED) is 0.295. The van der Waals surface area contributed by atoms with Gasteiger partial charge < -0.3 is 14.4 Å². The molecule has 0 spiro atoms. The molecule has 0 radical (unpaired) electrons. The van der Waals surface area contributed by atoms with Crippen LogP contribution >= 0.6 is 7.60 Å². The first-order valence-electron chi connectivity index (χ1n) is 10.1. The van der Waals surface area contributed by atoms with Crippen molar-refractivity contribution in [1.29, 1.82) is 0 Å². The molecule has 0 amide bonds. The molecule has 0 aliphatic rings. The summed E-state index contributed by atoms with van der Waals surface area (Å²) in [4.78, 5) is 0. The molecule has 4 nitrogen and oxygen atoms in total. The van der Waals surface area contributed by atoms with Crippen molar-refractivity contribution in [2.24, 2.45) is 0 Å². The summed E-state index contributed by atoms with van der Waals surface area (Å²) >= 11 is 0. The van der Waals surface area contributed by atoms with Gasteiger partial charge in [0, 0.05) is 5.69 Å². The third-order valence-corrected chi connectivity index (χ3v) is 6.73. The first-order chi connectivity index (χ1) is 15.1. The molecule has 1 atom stereocenters. The van der Waals surface area contributed by atoms with Gasteiger partial charge in [-0.15, -0.1) is 0 Å². The highest BCUT2D eigenvalue weighted by molar-refractivity contribution is 7.55. The summed E-state index contributed by atoms with van der Waals surface area (Å²) in [5.41, 5.74) is 2.75. The van der Waals surface area contributed by atoms with Crippen molar-refractivity contribution >= 4 is 13.3 Å². The molecule has 156 valence electrons. The van der Waals surface area contributed by atoms with Crippen LogP contribution in [-0.2, 0) is 4.57 Å². The molecular formula is C26H24NO3P. The van der Waals surface area contributed by atoms with Gasteiger partial charge in [0.2, 0.25) is 0 Å². The molecular weight excluding hydrogens is 405 g/mol. The van der Waals surface area contributed by atoms with E-state index in [0.717, 1.165) is 16.8 Å². The lowest BCUT2D eigenvalue weighted by molar-refractivity contribution is 0.376. The summed E-state index contributed by atoms with van der Waals surface area (Å²) < 4.78 is 26.6. The summed E-state index contributed by atoms with van der Waals surface area (Å²) in [5, 5.41) is 3.38. The van der Waals surface area contributed by atoms with Gasteiger partial charge in [0.1, 0.15) is 11.5 Å². The lowest BCUT2D eigenvalue weighted by atomic mass is 10.1. The second-order valence-electron chi connectivity index (χ2n) is 7.17. The maximum absolute atomic E-state index is 14.4. The Balaban J connectivity index is 1.79. The third kappa shape index (κ3) is 5.36. The van der Waals surface area contributed by atoms with Crippen LogP contribution < -0.4 is 14.4 Å². The molecule has 0 saturated heterocycles. The van der Waals surface area contributed by atoms with E-state index in [2.05, 4.69) is 5.32 Å². The van der Waals surface area contributed by atoms with Crippen LogP contribution in [0.2, 0.25) is 0 Å². The van der Waals surface area contributed by atoms with Gasteiger partial charge in [-0.2, -0.15) is 0 Å². The number of aryl methyl sites for hydroxylation is 1. The van der Waals surface area contributed by atoms with Crippen LogP contribution in [0.15, 0.2) is 115 Å². The SMILES string of the molecule is Cc1ccc(C(Nc2ccccc2)P(=O)(Oc2ccccc2)Oc2ccccc2)cc1. The molecule has 0 heterocycles. The summed E-state index contributed by atoms with van der Waals surface area (Å²) in [6.07, 6.45) is 0. The Morgan fingerprint density at radius 1 is 0.645 bits per heavy atom. The minimum Gasteiger partial charge on any atom is -0.414 e. The maximum atomic E-state index is 14.4. The molecule has 4 aromatic carbocycles. The van der Waals surface area contributed by atoms with E-state index in [0.29, 0.717) is 11.5 Å². The number of anilines is 1. The Morgan fingerprint density at radius 2 is 1.10 bits per heavy atom. The number of rotatable bonds is 8. The molecule has 1 unspecified atom stereocenters. The fourth-order valence-corrected chi connectivity index (χ4v) is 5.09. The van der Waals surface area contributed by atoms with E-state index in [4.69, 9.17) is 9.05 Å². The van der Waals surface area contributed by atoms with Crippen molar-refractivity contribution in [3.63, 3.8) is 0 Å².